The van der Waals surface area contributed by atoms with Gasteiger partial charge in [0.15, 0.2) is 17.2 Å². The summed E-state index contributed by atoms with van der Waals surface area (Å²) in [5.41, 5.74) is 0.418. The monoisotopic (exact) mass is 452 g/mol. The average Bonchev–Trinajstić information content (AvgIpc) is 2.78. The van der Waals surface area contributed by atoms with Crippen molar-refractivity contribution in [3.63, 3.8) is 0 Å². The van der Waals surface area contributed by atoms with Crippen molar-refractivity contribution in [2.75, 3.05) is 20.8 Å². The molecule has 0 aliphatic rings. The Morgan fingerprint density at radius 2 is 1.64 bits per heavy atom. The number of fused-ring (bicyclic) bond motifs is 1. The topological polar surface area (TPSA) is 96.0 Å². The molecule has 0 saturated heterocycles. The van der Waals surface area contributed by atoms with Gasteiger partial charge in [-0.05, 0) is 45.0 Å². The molecule has 0 atom stereocenters. The third kappa shape index (κ3) is 6.12. The van der Waals surface area contributed by atoms with Crippen LogP contribution in [0.2, 0.25) is 0 Å². The molecule has 0 bridgehead atoms. The number of esters is 1. The van der Waals surface area contributed by atoms with Crippen LogP contribution in [0.3, 0.4) is 0 Å². The number of benzene rings is 2. The molecule has 0 saturated carbocycles. The maximum Gasteiger partial charge on any atom is 0.308 e. The lowest BCUT2D eigenvalue weighted by atomic mass is 10.1. The minimum absolute atomic E-state index is 0.0621. The molecule has 0 spiro atoms. The lowest BCUT2D eigenvalue weighted by Crippen LogP contribution is -2.29. The average molecular weight is 453 g/mol. The number of methoxy groups -OCH3 is 2. The van der Waals surface area contributed by atoms with Gasteiger partial charge < -0.3 is 24.3 Å². The predicted octanol–water partition coefficient (Wildman–Crippen LogP) is 4.51. The standard InChI is InChI=1S/C25H28N2O6/c1-25(2,3)33-21(28)11-13-27-24(29)17-14-19(30-4)23(20(15-17)31-5)32-18-10-6-8-16-9-7-12-26-22(16)18/h6-10,12,14-15H,11,13H2,1-5H3,(H,27,29). The summed E-state index contributed by atoms with van der Waals surface area (Å²) in [5.74, 6) is 0.723. The summed E-state index contributed by atoms with van der Waals surface area (Å²) in [4.78, 5) is 28.9. The number of hydrogen-bond donors (Lipinski definition) is 1. The van der Waals surface area contributed by atoms with Crippen LogP contribution in [-0.4, -0.2) is 43.2 Å². The first kappa shape index (κ1) is 23.8. The molecule has 0 aliphatic carbocycles. The minimum Gasteiger partial charge on any atom is -0.493 e. The van der Waals surface area contributed by atoms with Crippen LogP contribution < -0.4 is 19.5 Å². The highest BCUT2D eigenvalue weighted by atomic mass is 16.6. The number of carbonyl (C=O) groups excluding carboxylic acids is 2. The van der Waals surface area contributed by atoms with E-state index in [1.165, 1.54) is 14.2 Å². The number of ether oxygens (including phenoxy) is 4. The second-order valence-electron chi connectivity index (χ2n) is 8.24. The molecule has 3 aromatic rings. The Kier molecular flexibility index (Phi) is 7.37. The van der Waals surface area contributed by atoms with Crippen LogP contribution >= 0.6 is 0 Å². The zero-order valence-electron chi connectivity index (χ0n) is 19.4. The van der Waals surface area contributed by atoms with Crippen LogP contribution in [0.25, 0.3) is 10.9 Å². The first-order valence-corrected chi connectivity index (χ1v) is 10.5. The van der Waals surface area contributed by atoms with E-state index in [0.29, 0.717) is 34.1 Å². The number of hydrogen-bond acceptors (Lipinski definition) is 7. The number of para-hydroxylation sites is 1. The predicted molar refractivity (Wildman–Crippen MR) is 124 cm³/mol. The molecule has 0 unspecified atom stereocenters. The van der Waals surface area contributed by atoms with Crippen molar-refractivity contribution in [1.82, 2.24) is 10.3 Å². The molecule has 33 heavy (non-hydrogen) atoms. The quantitative estimate of drug-likeness (QED) is 0.503. The van der Waals surface area contributed by atoms with Gasteiger partial charge in [0, 0.05) is 23.7 Å². The molecule has 3 rings (SSSR count). The Morgan fingerprint density at radius 1 is 0.970 bits per heavy atom. The molecular weight excluding hydrogens is 424 g/mol. The lowest BCUT2D eigenvalue weighted by molar-refractivity contribution is -0.154. The molecular formula is C25H28N2O6. The van der Waals surface area contributed by atoms with Gasteiger partial charge in [0.05, 0.1) is 20.6 Å². The summed E-state index contributed by atoms with van der Waals surface area (Å²) >= 11 is 0. The number of carbonyl (C=O) groups is 2. The molecule has 8 heteroatoms. The maximum atomic E-state index is 12.7. The fraction of sp³-hybridized carbons (Fsp3) is 0.320. The zero-order valence-corrected chi connectivity index (χ0v) is 19.4. The smallest absolute Gasteiger partial charge is 0.308 e. The van der Waals surface area contributed by atoms with Crippen LogP contribution in [0.4, 0.5) is 0 Å². The highest BCUT2D eigenvalue weighted by Crippen LogP contribution is 2.42. The minimum atomic E-state index is -0.572. The fourth-order valence-electron chi connectivity index (χ4n) is 3.15. The molecule has 1 heterocycles. The Labute approximate surface area is 192 Å². The van der Waals surface area contributed by atoms with E-state index in [4.69, 9.17) is 18.9 Å². The van der Waals surface area contributed by atoms with Crippen LogP contribution in [0.1, 0.15) is 37.6 Å². The van der Waals surface area contributed by atoms with Gasteiger partial charge in [0.2, 0.25) is 5.75 Å². The van der Waals surface area contributed by atoms with Crippen molar-refractivity contribution < 1.29 is 28.5 Å². The third-order valence-corrected chi connectivity index (χ3v) is 4.57. The normalized spacial score (nSPS) is 11.1. The number of nitrogens with one attached hydrogen (secondary N) is 1. The van der Waals surface area contributed by atoms with Crippen molar-refractivity contribution in [3.05, 3.63) is 54.2 Å². The van der Waals surface area contributed by atoms with E-state index in [2.05, 4.69) is 10.3 Å². The number of amides is 1. The highest BCUT2D eigenvalue weighted by molar-refractivity contribution is 5.96. The number of pyridine rings is 1. The van der Waals surface area contributed by atoms with Gasteiger partial charge >= 0.3 is 5.97 Å². The summed E-state index contributed by atoms with van der Waals surface area (Å²) in [6, 6.07) is 12.5. The van der Waals surface area contributed by atoms with Gasteiger partial charge in [-0.2, -0.15) is 0 Å². The molecule has 174 valence electrons. The van der Waals surface area contributed by atoms with E-state index in [1.807, 2.05) is 24.3 Å². The van der Waals surface area contributed by atoms with E-state index in [-0.39, 0.29) is 24.8 Å². The van der Waals surface area contributed by atoms with Gasteiger partial charge in [0.1, 0.15) is 11.1 Å². The van der Waals surface area contributed by atoms with Crippen molar-refractivity contribution >= 4 is 22.8 Å². The van der Waals surface area contributed by atoms with Crippen LogP contribution in [0.5, 0.6) is 23.0 Å². The first-order chi connectivity index (χ1) is 15.7. The maximum absolute atomic E-state index is 12.7. The summed E-state index contributed by atoms with van der Waals surface area (Å²) < 4.78 is 22.3. The summed E-state index contributed by atoms with van der Waals surface area (Å²) in [6.45, 7) is 5.51. The summed E-state index contributed by atoms with van der Waals surface area (Å²) in [7, 11) is 2.96. The highest BCUT2D eigenvalue weighted by Gasteiger charge is 2.20. The second-order valence-corrected chi connectivity index (χ2v) is 8.24. The number of aromatic nitrogens is 1. The number of rotatable bonds is 8. The zero-order chi connectivity index (χ0) is 24.0. The SMILES string of the molecule is COc1cc(C(=O)NCCC(=O)OC(C)(C)C)cc(OC)c1Oc1cccc2cccnc12. The molecule has 1 amide bonds. The van der Waals surface area contributed by atoms with Crippen molar-refractivity contribution in [3.8, 4) is 23.0 Å². The van der Waals surface area contributed by atoms with E-state index >= 15 is 0 Å². The van der Waals surface area contributed by atoms with E-state index < -0.39 is 5.60 Å². The lowest BCUT2D eigenvalue weighted by Gasteiger charge is -2.19. The van der Waals surface area contributed by atoms with E-state index in [9.17, 15) is 9.59 Å². The van der Waals surface area contributed by atoms with Gasteiger partial charge in [-0.15, -0.1) is 0 Å². The molecule has 0 fully saturated rings. The Balaban J connectivity index is 1.79. The Hall–Kier alpha value is -3.81. The fourth-order valence-corrected chi connectivity index (χ4v) is 3.15. The third-order valence-electron chi connectivity index (χ3n) is 4.57. The van der Waals surface area contributed by atoms with Gasteiger partial charge in [-0.25, -0.2) is 0 Å². The number of nitrogens with zero attached hydrogens (tertiary/aromatic N) is 1. The largest absolute Gasteiger partial charge is 0.493 e. The van der Waals surface area contributed by atoms with Crippen molar-refractivity contribution in [2.45, 2.75) is 32.8 Å². The van der Waals surface area contributed by atoms with Gasteiger partial charge in [-0.3, -0.25) is 14.6 Å². The molecule has 0 aliphatic heterocycles. The van der Waals surface area contributed by atoms with Crippen molar-refractivity contribution in [1.29, 1.82) is 0 Å². The van der Waals surface area contributed by atoms with Crippen LogP contribution in [-0.2, 0) is 9.53 Å². The van der Waals surface area contributed by atoms with Gasteiger partial charge in [0.25, 0.3) is 5.91 Å². The van der Waals surface area contributed by atoms with E-state index in [0.717, 1.165) is 5.39 Å². The van der Waals surface area contributed by atoms with Gasteiger partial charge in [-0.1, -0.05) is 18.2 Å². The molecule has 8 nitrogen and oxygen atoms in total. The molecule has 2 aromatic carbocycles. The van der Waals surface area contributed by atoms with Crippen molar-refractivity contribution in [2.24, 2.45) is 0 Å². The summed E-state index contributed by atoms with van der Waals surface area (Å²) in [5, 5.41) is 3.63. The second kappa shape index (κ2) is 10.2. The summed E-state index contributed by atoms with van der Waals surface area (Å²) in [6.07, 6.45) is 1.75. The molecule has 0 radical (unpaired) electrons. The molecule has 1 aromatic heterocycles. The first-order valence-electron chi connectivity index (χ1n) is 10.5. The van der Waals surface area contributed by atoms with E-state index in [1.54, 1.807) is 45.2 Å². The van der Waals surface area contributed by atoms with Crippen LogP contribution in [0, 0.1) is 0 Å². The van der Waals surface area contributed by atoms with Crippen LogP contribution in [0.15, 0.2) is 48.7 Å². The Morgan fingerprint density at radius 3 is 2.27 bits per heavy atom. The Bertz CT molecular complexity index is 1120. The molecule has 1 N–H and O–H groups in total.